The van der Waals surface area contributed by atoms with Crippen LogP contribution in [0.1, 0.15) is 16.8 Å². The van der Waals surface area contributed by atoms with E-state index in [1.165, 1.54) is 29.7 Å². The second-order valence-electron chi connectivity index (χ2n) is 3.13. The number of amides is 1. The van der Waals surface area contributed by atoms with E-state index in [4.69, 9.17) is 15.5 Å². The van der Waals surface area contributed by atoms with Crippen LogP contribution in [0.3, 0.4) is 0 Å². The summed E-state index contributed by atoms with van der Waals surface area (Å²) in [5.41, 5.74) is 0.996. The van der Waals surface area contributed by atoms with E-state index in [2.05, 4.69) is 5.16 Å². The summed E-state index contributed by atoms with van der Waals surface area (Å²) < 4.78 is 0. The molecular formula is C10H10N2O5. The van der Waals surface area contributed by atoms with E-state index < -0.39 is 23.8 Å². The SMILES string of the molecule is O=C(NO)C(CC(=O)c1ccc(O)cc1)=NO. The van der Waals surface area contributed by atoms with Crippen LogP contribution in [-0.2, 0) is 4.79 Å². The number of hydrogen-bond donors (Lipinski definition) is 4. The zero-order valence-electron chi connectivity index (χ0n) is 8.62. The average Bonchev–Trinajstić information content (AvgIpc) is 2.35. The number of hydrogen-bond acceptors (Lipinski definition) is 6. The molecule has 17 heavy (non-hydrogen) atoms. The van der Waals surface area contributed by atoms with Gasteiger partial charge in [0, 0.05) is 5.56 Å². The van der Waals surface area contributed by atoms with E-state index in [0.717, 1.165) is 0 Å². The number of hydroxylamine groups is 1. The van der Waals surface area contributed by atoms with Gasteiger partial charge >= 0.3 is 0 Å². The van der Waals surface area contributed by atoms with Gasteiger partial charge in [-0.1, -0.05) is 5.16 Å². The number of Topliss-reactive ketones (excluding diaryl/α,β-unsaturated/α-hetero) is 1. The van der Waals surface area contributed by atoms with Gasteiger partial charge in [0.05, 0.1) is 6.42 Å². The Bertz CT molecular complexity index is 452. The molecule has 0 unspecified atom stereocenters. The molecule has 90 valence electrons. The fourth-order valence-electron chi connectivity index (χ4n) is 1.13. The predicted octanol–water partition coefficient (Wildman–Crippen LogP) is 0.301. The maximum atomic E-state index is 11.6. The summed E-state index contributed by atoms with van der Waals surface area (Å²) in [7, 11) is 0. The van der Waals surface area contributed by atoms with Crippen molar-refractivity contribution in [3.63, 3.8) is 0 Å². The Morgan fingerprint density at radius 3 is 2.29 bits per heavy atom. The molecule has 0 saturated carbocycles. The van der Waals surface area contributed by atoms with Crippen LogP contribution in [0.5, 0.6) is 5.75 Å². The van der Waals surface area contributed by atoms with E-state index in [1.54, 1.807) is 0 Å². The Labute approximate surface area is 96.0 Å². The first-order valence-electron chi connectivity index (χ1n) is 4.56. The second kappa shape index (κ2) is 5.61. The average molecular weight is 238 g/mol. The van der Waals surface area contributed by atoms with Gasteiger partial charge in [-0.25, -0.2) is 5.48 Å². The lowest BCUT2D eigenvalue weighted by Gasteiger charge is -2.02. The Hall–Kier alpha value is -2.41. The van der Waals surface area contributed by atoms with Crippen molar-refractivity contribution in [2.75, 3.05) is 0 Å². The van der Waals surface area contributed by atoms with E-state index in [1.807, 2.05) is 0 Å². The fraction of sp³-hybridized carbons (Fsp3) is 0.100. The number of phenols is 1. The van der Waals surface area contributed by atoms with Crippen molar-refractivity contribution in [3.8, 4) is 5.75 Å². The molecule has 0 atom stereocenters. The van der Waals surface area contributed by atoms with Crippen LogP contribution >= 0.6 is 0 Å². The van der Waals surface area contributed by atoms with Crippen molar-refractivity contribution in [2.45, 2.75) is 6.42 Å². The lowest BCUT2D eigenvalue weighted by atomic mass is 10.1. The minimum atomic E-state index is -1.06. The van der Waals surface area contributed by atoms with Crippen LogP contribution in [0.4, 0.5) is 0 Å². The standard InChI is InChI=1S/C10H10N2O5/c13-7-3-1-6(2-4-7)9(14)5-8(11-16)10(15)12-17/h1-4,13,16-17H,5H2,(H,12,15). The minimum Gasteiger partial charge on any atom is -0.508 e. The predicted molar refractivity (Wildman–Crippen MR) is 56.2 cm³/mol. The normalized spacial score (nSPS) is 11.0. The van der Waals surface area contributed by atoms with E-state index in [9.17, 15) is 9.59 Å². The summed E-state index contributed by atoms with van der Waals surface area (Å²) in [5, 5.41) is 28.4. The highest BCUT2D eigenvalue weighted by Crippen LogP contribution is 2.11. The maximum Gasteiger partial charge on any atom is 0.292 e. The molecule has 7 nitrogen and oxygen atoms in total. The van der Waals surface area contributed by atoms with Crippen LogP contribution in [0, 0.1) is 0 Å². The number of carbonyl (C=O) groups is 2. The largest absolute Gasteiger partial charge is 0.508 e. The van der Waals surface area contributed by atoms with Crippen molar-refractivity contribution in [1.29, 1.82) is 0 Å². The lowest BCUT2D eigenvalue weighted by molar-refractivity contribution is -0.122. The number of ketones is 1. The number of aromatic hydroxyl groups is 1. The van der Waals surface area contributed by atoms with Crippen molar-refractivity contribution >= 4 is 17.4 Å². The van der Waals surface area contributed by atoms with Crippen LogP contribution in [0.25, 0.3) is 0 Å². The van der Waals surface area contributed by atoms with Crippen LogP contribution in [-0.4, -0.2) is 32.9 Å². The molecule has 0 heterocycles. The molecule has 0 aromatic heterocycles. The van der Waals surface area contributed by atoms with Crippen LogP contribution in [0.15, 0.2) is 29.4 Å². The van der Waals surface area contributed by atoms with Gasteiger partial charge in [0.25, 0.3) is 5.91 Å². The molecule has 0 aliphatic heterocycles. The van der Waals surface area contributed by atoms with Crippen LogP contribution in [0.2, 0.25) is 0 Å². The molecule has 1 aromatic rings. The molecule has 0 aliphatic rings. The Morgan fingerprint density at radius 1 is 1.24 bits per heavy atom. The molecule has 0 spiro atoms. The first-order chi connectivity index (χ1) is 8.08. The van der Waals surface area contributed by atoms with Gasteiger partial charge in [0.2, 0.25) is 0 Å². The summed E-state index contributed by atoms with van der Waals surface area (Å²) in [6.07, 6.45) is -0.465. The minimum absolute atomic E-state index is 0.00528. The highest BCUT2D eigenvalue weighted by Gasteiger charge is 2.17. The van der Waals surface area contributed by atoms with Gasteiger partial charge in [-0.05, 0) is 24.3 Å². The molecule has 1 amide bonds. The van der Waals surface area contributed by atoms with Crippen molar-refractivity contribution in [3.05, 3.63) is 29.8 Å². The summed E-state index contributed by atoms with van der Waals surface area (Å²) in [4.78, 5) is 22.5. The molecule has 4 N–H and O–H groups in total. The number of nitrogens with one attached hydrogen (secondary N) is 1. The molecular weight excluding hydrogens is 228 g/mol. The number of oxime groups is 1. The number of nitrogens with zero attached hydrogens (tertiary/aromatic N) is 1. The number of phenolic OH excluding ortho intramolecular Hbond substituents is 1. The second-order valence-corrected chi connectivity index (χ2v) is 3.13. The highest BCUT2D eigenvalue weighted by molar-refractivity contribution is 6.42. The van der Waals surface area contributed by atoms with Gasteiger partial charge in [0.1, 0.15) is 5.75 Å². The van der Waals surface area contributed by atoms with Crippen molar-refractivity contribution in [1.82, 2.24) is 5.48 Å². The fourth-order valence-corrected chi connectivity index (χ4v) is 1.13. The van der Waals surface area contributed by atoms with Gasteiger partial charge in [0.15, 0.2) is 11.5 Å². The van der Waals surface area contributed by atoms with Gasteiger partial charge in [-0.2, -0.15) is 0 Å². The molecule has 1 aromatic carbocycles. The third-order valence-corrected chi connectivity index (χ3v) is 2.00. The zero-order chi connectivity index (χ0) is 12.8. The van der Waals surface area contributed by atoms with E-state index in [-0.39, 0.29) is 11.3 Å². The summed E-state index contributed by atoms with van der Waals surface area (Å²) in [6.45, 7) is 0. The monoisotopic (exact) mass is 238 g/mol. The zero-order valence-corrected chi connectivity index (χ0v) is 8.62. The summed E-state index contributed by atoms with van der Waals surface area (Å²) in [6, 6.07) is 5.36. The Kier molecular flexibility index (Phi) is 4.18. The Morgan fingerprint density at radius 2 is 1.82 bits per heavy atom. The molecule has 7 heteroatoms. The molecule has 0 radical (unpaired) electrons. The van der Waals surface area contributed by atoms with Crippen molar-refractivity contribution in [2.24, 2.45) is 5.16 Å². The number of carbonyl (C=O) groups excluding carboxylic acids is 2. The Balaban J connectivity index is 2.78. The molecule has 0 aliphatic carbocycles. The number of benzene rings is 1. The van der Waals surface area contributed by atoms with E-state index in [0.29, 0.717) is 0 Å². The summed E-state index contributed by atoms with van der Waals surface area (Å²) in [5.74, 6) is -1.54. The molecule has 0 bridgehead atoms. The lowest BCUT2D eigenvalue weighted by Crippen LogP contribution is -2.29. The maximum absolute atomic E-state index is 11.6. The van der Waals surface area contributed by atoms with Gasteiger partial charge in [-0.15, -0.1) is 0 Å². The smallest absolute Gasteiger partial charge is 0.292 e. The quantitative estimate of drug-likeness (QED) is 0.198. The van der Waals surface area contributed by atoms with Gasteiger partial charge in [-0.3, -0.25) is 14.8 Å². The topological polar surface area (TPSA) is 119 Å². The molecule has 0 fully saturated rings. The first kappa shape index (κ1) is 12.7. The number of rotatable bonds is 4. The molecule has 1 rings (SSSR count). The van der Waals surface area contributed by atoms with Crippen LogP contribution < -0.4 is 5.48 Å². The van der Waals surface area contributed by atoms with E-state index >= 15 is 0 Å². The third kappa shape index (κ3) is 3.28. The highest BCUT2D eigenvalue weighted by atomic mass is 16.5. The molecule has 0 saturated heterocycles. The first-order valence-corrected chi connectivity index (χ1v) is 4.56. The van der Waals surface area contributed by atoms with Crippen molar-refractivity contribution < 1.29 is 25.1 Å². The van der Waals surface area contributed by atoms with Gasteiger partial charge < -0.3 is 10.3 Å². The third-order valence-electron chi connectivity index (χ3n) is 2.00. The summed E-state index contributed by atoms with van der Waals surface area (Å²) >= 11 is 0.